The van der Waals surface area contributed by atoms with Gasteiger partial charge in [0.1, 0.15) is 18.5 Å². The minimum atomic E-state index is -0.544. The first-order chi connectivity index (χ1) is 8.65. The third-order valence-corrected chi connectivity index (χ3v) is 2.76. The highest BCUT2D eigenvalue weighted by molar-refractivity contribution is 5.27. The van der Waals surface area contributed by atoms with E-state index >= 15 is 0 Å². The van der Waals surface area contributed by atoms with Crippen molar-refractivity contribution in [3.8, 4) is 5.75 Å². The van der Waals surface area contributed by atoms with Crippen LogP contribution in [0.3, 0.4) is 0 Å². The van der Waals surface area contributed by atoms with Gasteiger partial charge in [0.2, 0.25) is 0 Å². The molecule has 1 rings (SSSR count). The Hall–Kier alpha value is -1.10. The second-order valence-electron chi connectivity index (χ2n) is 4.40. The first kappa shape index (κ1) is 15.0. The van der Waals surface area contributed by atoms with Gasteiger partial charge in [-0.15, -0.1) is 0 Å². The van der Waals surface area contributed by atoms with E-state index in [0.29, 0.717) is 13.1 Å². The Kier molecular flexibility index (Phi) is 6.72. The molecule has 0 aromatic heterocycles. The van der Waals surface area contributed by atoms with Gasteiger partial charge in [-0.1, -0.05) is 19.1 Å². The van der Waals surface area contributed by atoms with Crippen LogP contribution in [0, 0.1) is 6.92 Å². The van der Waals surface area contributed by atoms with E-state index in [1.54, 1.807) is 0 Å². The summed E-state index contributed by atoms with van der Waals surface area (Å²) in [6, 6.07) is 7.76. The number of aryl methyl sites for hydroxylation is 1. The van der Waals surface area contributed by atoms with E-state index in [2.05, 4.69) is 0 Å². The molecule has 1 aromatic rings. The average Bonchev–Trinajstić information content (AvgIpc) is 2.36. The number of aliphatic hydroxyl groups excluding tert-OH is 2. The van der Waals surface area contributed by atoms with E-state index in [4.69, 9.17) is 9.84 Å². The highest BCUT2D eigenvalue weighted by Crippen LogP contribution is 2.12. The zero-order valence-corrected chi connectivity index (χ0v) is 11.2. The summed E-state index contributed by atoms with van der Waals surface area (Å²) in [6.07, 6.45) is -0.544. The molecule has 0 fully saturated rings. The number of hydrogen-bond donors (Lipinski definition) is 2. The molecule has 0 saturated carbocycles. The Labute approximate surface area is 109 Å². The molecule has 0 spiro atoms. The van der Waals surface area contributed by atoms with Gasteiger partial charge in [-0.25, -0.2) is 0 Å². The quantitative estimate of drug-likeness (QED) is 0.727. The van der Waals surface area contributed by atoms with Crippen molar-refractivity contribution in [2.45, 2.75) is 20.0 Å². The molecule has 102 valence electrons. The van der Waals surface area contributed by atoms with Crippen molar-refractivity contribution in [3.63, 3.8) is 0 Å². The Morgan fingerprint density at radius 2 is 2.17 bits per heavy atom. The van der Waals surface area contributed by atoms with E-state index in [9.17, 15) is 5.11 Å². The molecule has 0 saturated heterocycles. The fraction of sp³-hybridized carbons (Fsp3) is 0.571. The zero-order valence-electron chi connectivity index (χ0n) is 11.2. The monoisotopic (exact) mass is 253 g/mol. The van der Waals surface area contributed by atoms with Crippen LogP contribution in [0.5, 0.6) is 5.75 Å². The summed E-state index contributed by atoms with van der Waals surface area (Å²) >= 11 is 0. The summed E-state index contributed by atoms with van der Waals surface area (Å²) < 4.78 is 5.53. The Bertz CT molecular complexity index is 344. The maximum absolute atomic E-state index is 9.86. The minimum Gasteiger partial charge on any atom is -0.491 e. The standard InChI is InChI=1S/C14H23NO3/c1-3-15(7-8-16)10-13(17)11-18-14-6-4-5-12(2)9-14/h4-6,9,13,16-17H,3,7-8,10-11H2,1-2H3. The van der Waals surface area contributed by atoms with E-state index in [-0.39, 0.29) is 13.2 Å². The number of aliphatic hydroxyl groups is 2. The third kappa shape index (κ3) is 5.49. The Morgan fingerprint density at radius 1 is 1.39 bits per heavy atom. The van der Waals surface area contributed by atoms with Crippen LogP contribution < -0.4 is 4.74 Å². The molecule has 4 heteroatoms. The van der Waals surface area contributed by atoms with Gasteiger partial charge in [0.25, 0.3) is 0 Å². The minimum absolute atomic E-state index is 0.110. The summed E-state index contributed by atoms with van der Waals surface area (Å²) in [5, 5.41) is 18.7. The smallest absolute Gasteiger partial charge is 0.119 e. The fourth-order valence-corrected chi connectivity index (χ4v) is 1.77. The van der Waals surface area contributed by atoms with Crippen molar-refractivity contribution in [2.75, 3.05) is 32.8 Å². The van der Waals surface area contributed by atoms with Crippen molar-refractivity contribution < 1.29 is 14.9 Å². The van der Waals surface area contributed by atoms with E-state index in [0.717, 1.165) is 17.9 Å². The maximum atomic E-state index is 9.86. The van der Waals surface area contributed by atoms with Crippen LogP contribution in [-0.2, 0) is 0 Å². The van der Waals surface area contributed by atoms with Crippen molar-refractivity contribution >= 4 is 0 Å². The van der Waals surface area contributed by atoms with Crippen molar-refractivity contribution in [1.29, 1.82) is 0 Å². The van der Waals surface area contributed by atoms with Crippen LogP contribution in [0.25, 0.3) is 0 Å². The van der Waals surface area contributed by atoms with Crippen LogP contribution in [0.4, 0.5) is 0 Å². The molecule has 2 N–H and O–H groups in total. The number of nitrogens with zero attached hydrogens (tertiary/aromatic N) is 1. The molecule has 0 bridgehead atoms. The summed E-state index contributed by atoms with van der Waals surface area (Å²) in [7, 11) is 0. The largest absolute Gasteiger partial charge is 0.491 e. The lowest BCUT2D eigenvalue weighted by molar-refractivity contribution is 0.0638. The van der Waals surface area contributed by atoms with Gasteiger partial charge >= 0.3 is 0 Å². The Balaban J connectivity index is 2.34. The highest BCUT2D eigenvalue weighted by atomic mass is 16.5. The van der Waals surface area contributed by atoms with E-state index in [1.807, 2.05) is 43.0 Å². The SMILES string of the molecule is CCN(CCO)CC(O)COc1cccc(C)c1. The summed E-state index contributed by atoms with van der Waals surface area (Å²) in [5.74, 6) is 0.777. The van der Waals surface area contributed by atoms with Crippen LogP contribution in [-0.4, -0.2) is 54.1 Å². The lowest BCUT2D eigenvalue weighted by Gasteiger charge is -2.22. The van der Waals surface area contributed by atoms with Gasteiger partial charge < -0.3 is 14.9 Å². The highest BCUT2D eigenvalue weighted by Gasteiger charge is 2.10. The van der Waals surface area contributed by atoms with Crippen LogP contribution in [0.1, 0.15) is 12.5 Å². The fourth-order valence-electron chi connectivity index (χ4n) is 1.77. The summed E-state index contributed by atoms with van der Waals surface area (Å²) in [4.78, 5) is 1.99. The Morgan fingerprint density at radius 3 is 2.78 bits per heavy atom. The van der Waals surface area contributed by atoms with E-state index in [1.165, 1.54) is 0 Å². The first-order valence-electron chi connectivity index (χ1n) is 6.36. The zero-order chi connectivity index (χ0) is 13.4. The van der Waals surface area contributed by atoms with Crippen molar-refractivity contribution in [3.05, 3.63) is 29.8 Å². The second kappa shape index (κ2) is 8.08. The molecular formula is C14H23NO3. The van der Waals surface area contributed by atoms with Crippen LogP contribution >= 0.6 is 0 Å². The predicted molar refractivity (Wildman–Crippen MR) is 71.9 cm³/mol. The molecule has 4 nitrogen and oxygen atoms in total. The molecule has 1 unspecified atom stereocenters. The number of ether oxygens (including phenoxy) is 1. The molecule has 0 heterocycles. The average molecular weight is 253 g/mol. The molecule has 0 radical (unpaired) electrons. The summed E-state index contributed by atoms with van der Waals surface area (Å²) in [5.41, 5.74) is 1.14. The molecule has 0 aliphatic rings. The molecular weight excluding hydrogens is 230 g/mol. The van der Waals surface area contributed by atoms with Crippen LogP contribution in [0.2, 0.25) is 0 Å². The number of likely N-dealkylation sites (N-methyl/N-ethyl adjacent to an activating group) is 1. The molecule has 0 aliphatic carbocycles. The van der Waals surface area contributed by atoms with Gasteiger partial charge in [0, 0.05) is 13.1 Å². The first-order valence-corrected chi connectivity index (χ1v) is 6.36. The topological polar surface area (TPSA) is 52.9 Å². The third-order valence-electron chi connectivity index (χ3n) is 2.76. The maximum Gasteiger partial charge on any atom is 0.119 e. The summed E-state index contributed by atoms with van der Waals surface area (Å²) in [6.45, 7) is 6.29. The number of hydrogen-bond acceptors (Lipinski definition) is 4. The predicted octanol–water partition coefficient (Wildman–Crippen LogP) is 1.05. The van der Waals surface area contributed by atoms with Crippen LogP contribution in [0.15, 0.2) is 24.3 Å². The lowest BCUT2D eigenvalue weighted by Crippen LogP contribution is -2.37. The van der Waals surface area contributed by atoms with Gasteiger partial charge in [-0.3, -0.25) is 4.90 Å². The van der Waals surface area contributed by atoms with Gasteiger partial charge in [0.15, 0.2) is 0 Å². The molecule has 0 aliphatic heterocycles. The van der Waals surface area contributed by atoms with E-state index < -0.39 is 6.10 Å². The molecule has 0 amide bonds. The van der Waals surface area contributed by atoms with Crippen molar-refractivity contribution in [2.24, 2.45) is 0 Å². The molecule has 1 aromatic carbocycles. The number of benzene rings is 1. The van der Waals surface area contributed by atoms with Crippen molar-refractivity contribution in [1.82, 2.24) is 4.90 Å². The number of rotatable bonds is 8. The lowest BCUT2D eigenvalue weighted by atomic mass is 10.2. The normalized spacial score (nSPS) is 12.7. The molecule has 1 atom stereocenters. The second-order valence-corrected chi connectivity index (χ2v) is 4.40. The van der Waals surface area contributed by atoms with Gasteiger partial charge in [-0.05, 0) is 31.2 Å². The molecule has 18 heavy (non-hydrogen) atoms. The van der Waals surface area contributed by atoms with Gasteiger partial charge in [0.05, 0.1) is 6.61 Å². The van der Waals surface area contributed by atoms with Gasteiger partial charge in [-0.2, -0.15) is 0 Å².